The standard InChI is InChI=1S/C12H8ClN3O2S/c1-6-15-16-12(19-6)14-11(17)10-5-7-4-8(13)2-3-9(7)18-10/h2-5H,1H3,(H,14,16,17). The minimum Gasteiger partial charge on any atom is -0.451 e. The number of nitrogens with zero attached hydrogens (tertiary/aromatic N) is 2. The van der Waals surface area contributed by atoms with Crippen molar-refractivity contribution in [1.29, 1.82) is 0 Å². The first-order chi connectivity index (χ1) is 9.11. The van der Waals surface area contributed by atoms with Gasteiger partial charge >= 0.3 is 0 Å². The maximum Gasteiger partial charge on any atom is 0.293 e. The Labute approximate surface area is 117 Å². The number of rotatable bonds is 2. The van der Waals surface area contributed by atoms with E-state index in [1.54, 1.807) is 24.3 Å². The molecule has 0 unspecified atom stereocenters. The maximum atomic E-state index is 12.0. The molecule has 0 atom stereocenters. The van der Waals surface area contributed by atoms with E-state index in [1.807, 2.05) is 6.92 Å². The lowest BCUT2D eigenvalue weighted by atomic mass is 10.2. The van der Waals surface area contributed by atoms with Gasteiger partial charge in [-0.05, 0) is 31.2 Å². The first-order valence-electron chi connectivity index (χ1n) is 5.42. The number of anilines is 1. The summed E-state index contributed by atoms with van der Waals surface area (Å²) in [7, 11) is 0. The molecule has 0 bridgehead atoms. The van der Waals surface area contributed by atoms with Gasteiger partial charge in [-0.25, -0.2) is 0 Å². The van der Waals surface area contributed by atoms with Gasteiger partial charge in [-0.2, -0.15) is 0 Å². The van der Waals surface area contributed by atoms with Crippen LogP contribution in [0.5, 0.6) is 0 Å². The Morgan fingerprint density at radius 2 is 2.21 bits per heavy atom. The average molecular weight is 294 g/mol. The molecule has 1 amide bonds. The summed E-state index contributed by atoms with van der Waals surface area (Å²) >= 11 is 7.18. The molecule has 2 heterocycles. The molecular weight excluding hydrogens is 286 g/mol. The van der Waals surface area contributed by atoms with Crippen LogP contribution in [0.2, 0.25) is 5.02 Å². The molecule has 3 aromatic rings. The van der Waals surface area contributed by atoms with Crippen LogP contribution in [-0.4, -0.2) is 16.1 Å². The van der Waals surface area contributed by atoms with E-state index in [2.05, 4.69) is 15.5 Å². The normalized spacial score (nSPS) is 10.8. The summed E-state index contributed by atoms with van der Waals surface area (Å²) < 4.78 is 5.45. The van der Waals surface area contributed by atoms with Gasteiger partial charge in [0.15, 0.2) is 5.76 Å². The van der Waals surface area contributed by atoms with Gasteiger partial charge in [-0.1, -0.05) is 22.9 Å². The molecule has 0 spiro atoms. The second-order valence-corrected chi connectivity index (χ2v) is 5.49. The molecule has 2 aromatic heterocycles. The fraction of sp³-hybridized carbons (Fsp3) is 0.0833. The fourth-order valence-electron chi connectivity index (χ4n) is 1.63. The topological polar surface area (TPSA) is 68.0 Å². The lowest BCUT2D eigenvalue weighted by Crippen LogP contribution is -2.10. The summed E-state index contributed by atoms with van der Waals surface area (Å²) in [5, 5.41) is 12.9. The van der Waals surface area contributed by atoms with Gasteiger partial charge in [-0.3, -0.25) is 10.1 Å². The third kappa shape index (κ3) is 2.45. The quantitative estimate of drug-likeness (QED) is 0.785. The van der Waals surface area contributed by atoms with Crippen LogP contribution in [-0.2, 0) is 0 Å². The van der Waals surface area contributed by atoms with E-state index in [9.17, 15) is 4.79 Å². The van der Waals surface area contributed by atoms with Crippen molar-refractivity contribution >= 4 is 44.9 Å². The molecule has 0 saturated carbocycles. The number of carbonyl (C=O) groups excluding carboxylic acids is 1. The second kappa shape index (κ2) is 4.64. The van der Waals surface area contributed by atoms with E-state index >= 15 is 0 Å². The van der Waals surface area contributed by atoms with Gasteiger partial charge < -0.3 is 4.42 Å². The highest BCUT2D eigenvalue weighted by Crippen LogP contribution is 2.24. The zero-order chi connectivity index (χ0) is 13.4. The highest BCUT2D eigenvalue weighted by Gasteiger charge is 2.14. The summed E-state index contributed by atoms with van der Waals surface area (Å²) in [6.07, 6.45) is 0. The number of aromatic nitrogens is 2. The van der Waals surface area contributed by atoms with Gasteiger partial charge in [0, 0.05) is 10.4 Å². The molecule has 0 aliphatic carbocycles. The number of fused-ring (bicyclic) bond motifs is 1. The van der Waals surface area contributed by atoms with Crippen LogP contribution in [0.25, 0.3) is 11.0 Å². The van der Waals surface area contributed by atoms with Crippen molar-refractivity contribution in [2.24, 2.45) is 0 Å². The predicted molar refractivity (Wildman–Crippen MR) is 73.8 cm³/mol. The van der Waals surface area contributed by atoms with Crippen molar-refractivity contribution in [3.05, 3.63) is 40.1 Å². The number of furan rings is 1. The highest BCUT2D eigenvalue weighted by atomic mass is 35.5. The van der Waals surface area contributed by atoms with Crippen LogP contribution in [0.1, 0.15) is 15.6 Å². The molecule has 0 saturated heterocycles. The zero-order valence-electron chi connectivity index (χ0n) is 9.81. The SMILES string of the molecule is Cc1nnc(NC(=O)c2cc3cc(Cl)ccc3o2)s1. The predicted octanol–water partition coefficient (Wildman–Crippen LogP) is 3.50. The van der Waals surface area contributed by atoms with E-state index in [-0.39, 0.29) is 11.7 Å². The molecule has 3 rings (SSSR count). The lowest BCUT2D eigenvalue weighted by molar-refractivity contribution is 0.0998. The molecule has 0 aliphatic heterocycles. The Balaban J connectivity index is 1.89. The van der Waals surface area contributed by atoms with E-state index in [0.717, 1.165) is 10.4 Å². The minimum atomic E-state index is -0.358. The minimum absolute atomic E-state index is 0.213. The molecule has 0 radical (unpaired) electrons. The number of carbonyl (C=O) groups is 1. The zero-order valence-corrected chi connectivity index (χ0v) is 11.4. The van der Waals surface area contributed by atoms with Crippen molar-refractivity contribution < 1.29 is 9.21 Å². The molecule has 19 heavy (non-hydrogen) atoms. The monoisotopic (exact) mass is 293 g/mol. The van der Waals surface area contributed by atoms with Crippen LogP contribution in [0.3, 0.4) is 0 Å². The Hall–Kier alpha value is -1.92. The summed E-state index contributed by atoms with van der Waals surface area (Å²) in [4.78, 5) is 12.0. The molecule has 1 N–H and O–H groups in total. The van der Waals surface area contributed by atoms with Crippen molar-refractivity contribution in [3.8, 4) is 0 Å². The molecular formula is C12H8ClN3O2S. The van der Waals surface area contributed by atoms with E-state index in [4.69, 9.17) is 16.0 Å². The highest BCUT2D eigenvalue weighted by molar-refractivity contribution is 7.15. The fourth-order valence-corrected chi connectivity index (χ4v) is 2.40. The molecule has 7 heteroatoms. The second-order valence-electron chi connectivity index (χ2n) is 3.87. The van der Waals surface area contributed by atoms with Crippen LogP contribution < -0.4 is 5.32 Å². The van der Waals surface area contributed by atoms with E-state index in [0.29, 0.717) is 15.7 Å². The van der Waals surface area contributed by atoms with Crippen molar-refractivity contribution in [2.75, 3.05) is 5.32 Å². The van der Waals surface area contributed by atoms with E-state index < -0.39 is 0 Å². The number of halogens is 1. The number of aryl methyl sites for hydroxylation is 1. The first kappa shape index (κ1) is 12.1. The molecule has 0 aliphatic rings. The smallest absolute Gasteiger partial charge is 0.293 e. The molecule has 1 aromatic carbocycles. The van der Waals surface area contributed by atoms with Crippen molar-refractivity contribution in [3.63, 3.8) is 0 Å². The third-order valence-corrected chi connectivity index (χ3v) is 3.44. The first-order valence-corrected chi connectivity index (χ1v) is 6.62. The summed E-state index contributed by atoms with van der Waals surface area (Å²) in [5.41, 5.74) is 0.614. The van der Waals surface area contributed by atoms with Crippen LogP contribution >= 0.6 is 22.9 Å². The largest absolute Gasteiger partial charge is 0.451 e. The third-order valence-electron chi connectivity index (χ3n) is 2.45. The van der Waals surface area contributed by atoms with Gasteiger partial charge in [0.05, 0.1) is 0 Å². The Morgan fingerprint density at radius 3 is 2.95 bits per heavy atom. The number of amides is 1. The van der Waals surface area contributed by atoms with Crippen LogP contribution in [0, 0.1) is 6.92 Å². The lowest BCUT2D eigenvalue weighted by Gasteiger charge is -1.95. The molecule has 96 valence electrons. The van der Waals surface area contributed by atoms with Gasteiger partial charge in [0.2, 0.25) is 5.13 Å². The van der Waals surface area contributed by atoms with Crippen molar-refractivity contribution in [2.45, 2.75) is 6.92 Å². The summed E-state index contributed by atoms with van der Waals surface area (Å²) in [6, 6.07) is 6.82. The molecule has 0 fully saturated rings. The summed E-state index contributed by atoms with van der Waals surface area (Å²) in [6.45, 7) is 1.82. The molecule has 5 nitrogen and oxygen atoms in total. The van der Waals surface area contributed by atoms with Crippen LogP contribution in [0.4, 0.5) is 5.13 Å². The summed E-state index contributed by atoms with van der Waals surface area (Å²) in [5.74, 6) is -0.145. The number of hydrogen-bond donors (Lipinski definition) is 1. The maximum absolute atomic E-state index is 12.0. The van der Waals surface area contributed by atoms with Gasteiger partial charge in [-0.15, -0.1) is 10.2 Å². The van der Waals surface area contributed by atoms with E-state index in [1.165, 1.54) is 11.3 Å². The Morgan fingerprint density at radius 1 is 1.37 bits per heavy atom. The number of nitrogens with one attached hydrogen (secondary N) is 1. The van der Waals surface area contributed by atoms with Crippen molar-refractivity contribution in [1.82, 2.24) is 10.2 Å². The Kier molecular flexibility index (Phi) is 2.96. The number of hydrogen-bond acceptors (Lipinski definition) is 5. The Bertz CT molecular complexity index is 765. The number of benzene rings is 1. The van der Waals surface area contributed by atoms with Crippen LogP contribution in [0.15, 0.2) is 28.7 Å². The van der Waals surface area contributed by atoms with Gasteiger partial charge in [0.25, 0.3) is 5.91 Å². The average Bonchev–Trinajstić information content (AvgIpc) is 2.95. The van der Waals surface area contributed by atoms with Gasteiger partial charge in [0.1, 0.15) is 10.6 Å².